The van der Waals surface area contributed by atoms with Gasteiger partial charge in [-0.25, -0.2) is 4.79 Å². The minimum atomic E-state index is -0.956. The van der Waals surface area contributed by atoms with Gasteiger partial charge in [0.1, 0.15) is 23.4 Å². The molecule has 0 aliphatic carbocycles. The van der Waals surface area contributed by atoms with Gasteiger partial charge in [0, 0.05) is 19.5 Å². The van der Waals surface area contributed by atoms with E-state index in [1.165, 1.54) is 0 Å². The molecule has 41 heavy (non-hydrogen) atoms. The van der Waals surface area contributed by atoms with Gasteiger partial charge in [0.2, 0.25) is 11.8 Å². The number of benzene rings is 2. The third-order valence-electron chi connectivity index (χ3n) is 6.73. The van der Waals surface area contributed by atoms with Crippen molar-refractivity contribution in [3.05, 3.63) is 65.2 Å². The first-order valence-electron chi connectivity index (χ1n) is 14.9. The average molecular weight is 568 g/mol. The Labute approximate surface area is 245 Å². The number of phenolic OH excluding ortho intramolecular Hbond substituents is 1. The molecule has 0 fully saturated rings. The van der Waals surface area contributed by atoms with Crippen molar-refractivity contribution < 1.29 is 24.2 Å². The maximum absolute atomic E-state index is 14.4. The van der Waals surface area contributed by atoms with Crippen LogP contribution in [-0.4, -0.2) is 52.6 Å². The lowest BCUT2D eigenvalue weighted by molar-refractivity contribution is -0.142. The van der Waals surface area contributed by atoms with Crippen LogP contribution in [0.4, 0.5) is 4.79 Å². The predicted molar refractivity (Wildman–Crippen MR) is 163 cm³/mol. The number of aryl methyl sites for hydroxylation is 1. The average Bonchev–Trinajstić information content (AvgIpc) is 2.91. The quantitative estimate of drug-likeness (QED) is 0.222. The van der Waals surface area contributed by atoms with Crippen molar-refractivity contribution in [2.45, 2.75) is 104 Å². The summed E-state index contributed by atoms with van der Waals surface area (Å²) in [5, 5.41) is 16.0. The minimum absolute atomic E-state index is 0.119. The van der Waals surface area contributed by atoms with E-state index in [1.807, 2.05) is 37.3 Å². The van der Waals surface area contributed by atoms with E-state index < -0.39 is 23.8 Å². The highest BCUT2D eigenvalue weighted by Crippen LogP contribution is 2.28. The Balaban J connectivity index is 2.55. The number of unbranched alkanes of at least 4 members (excludes halogenated alkanes) is 4. The van der Waals surface area contributed by atoms with E-state index in [9.17, 15) is 19.5 Å². The van der Waals surface area contributed by atoms with E-state index in [0.717, 1.165) is 37.7 Å². The van der Waals surface area contributed by atoms with Crippen molar-refractivity contribution in [1.29, 1.82) is 0 Å². The fourth-order valence-corrected chi connectivity index (χ4v) is 4.58. The van der Waals surface area contributed by atoms with Crippen LogP contribution in [0.3, 0.4) is 0 Å². The second-order valence-electron chi connectivity index (χ2n) is 11.6. The fraction of sp³-hybridized carbons (Fsp3) is 0.545. The Morgan fingerprint density at radius 1 is 0.951 bits per heavy atom. The number of hydrogen-bond acceptors (Lipinski definition) is 5. The van der Waals surface area contributed by atoms with Gasteiger partial charge < -0.3 is 25.4 Å². The first-order chi connectivity index (χ1) is 19.5. The van der Waals surface area contributed by atoms with Crippen LogP contribution >= 0.6 is 0 Å². The van der Waals surface area contributed by atoms with Gasteiger partial charge in [-0.1, -0.05) is 75.9 Å². The van der Waals surface area contributed by atoms with E-state index in [0.29, 0.717) is 30.6 Å². The highest BCUT2D eigenvalue weighted by Gasteiger charge is 2.36. The molecule has 0 radical (unpaired) electrons. The number of alkyl carbamates (subject to hydrolysis) is 1. The maximum atomic E-state index is 14.4. The molecule has 2 aromatic rings. The van der Waals surface area contributed by atoms with Crippen LogP contribution in [0.5, 0.6) is 5.75 Å². The smallest absolute Gasteiger partial charge is 0.408 e. The monoisotopic (exact) mass is 567 g/mol. The molecule has 0 spiro atoms. The SMILES string of the molecule is CCCCCCN(C(=O)C(Cc1ccccc1)NC(=O)OC(C)(C)C)C(C(=O)NCCCC)c1ccc(O)c(C)c1. The standard InChI is InChI=1S/C33H49N3O5/c1-7-9-11-15-21-36(29(30(38)34-20-10-8-2)26-18-19-28(37)24(3)22-26)31(39)27(23-25-16-13-12-14-17-25)35-32(40)41-33(4,5)6/h12-14,16-19,22,27,29,37H,7-11,15,20-21,23H2,1-6H3,(H,34,38)(H,35,40). The van der Waals surface area contributed by atoms with Crippen LogP contribution < -0.4 is 10.6 Å². The Hall–Kier alpha value is -3.55. The summed E-state index contributed by atoms with van der Waals surface area (Å²) < 4.78 is 5.51. The molecule has 226 valence electrons. The minimum Gasteiger partial charge on any atom is -0.508 e. The fourth-order valence-electron chi connectivity index (χ4n) is 4.58. The topological polar surface area (TPSA) is 108 Å². The second-order valence-corrected chi connectivity index (χ2v) is 11.6. The third kappa shape index (κ3) is 11.5. The van der Waals surface area contributed by atoms with Crippen LogP contribution in [0, 0.1) is 6.92 Å². The van der Waals surface area contributed by atoms with E-state index in [1.54, 1.807) is 50.8 Å². The first kappa shape index (κ1) is 33.7. The van der Waals surface area contributed by atoms with Crippen LogP contribution in [-0.2, 0) is 20.7 Å². The molecular weight excluding hydrogens is 518 g/mol. The van der Waals surface area contributed by atoms with Crippen molar-refractivity contribution in [1.82, 2.24) is 15.5 Å². The van der Waals surface area contributed by atoms with Crippen molar-refractivity contribution >= 4 is 17.9 Å². The summed E-state index contributed by atoms with van der Waals surface area (Å²) in [5.41, 5.74) is 1.35. The van der Waals surface area contributed by atoms with E-state index in [2.05, 4.69) is 17.6 Å². The number of nitrogens with zero attached hydrogens (tertiary/aromatic N) is 1. The van der Waals surface area contributed by atoms with Gasteiger partial charge in [-0.05, 0) is 69.4 Å². The Morgan fingerprint density at radius 3 is 2.24 bits per heavy atom. The van der Waals surface area contributed by atoms with Gasteiger partial charge in [-0.3, -0.25) is 9.59 Å². The Kier molecular flexibility index (Phi) is 13.7. The zero-order chi connectivity index (χ0) is 30.4. The highest BCUT2D eigenvalue weighted by molar-refractivity contribution is 5.92. The number of amides is 3. The molecule has 8 nitrogen and oxygen atoms in total. The van der Waals surface area contributed by atoms with Crippen LogP contribution in [0.1, 0.15) is 95.9 Å². The van der Waals surface area contributed by atoms with Crippen molar-refractivity contribution in [2.24, 2.45) is 0 Å². The number of phenols is 1. The molecule has 0 heterocycles. The molecular formula is C33H49N3O5. The molecule has 3 amide bonds. The number of carbonyl (C=O) groups excluding carboxylic acids is 3. The summed E-state index contributed by atoms with van der Waals surface area (Å²) in [4.78, 5) is 42.7. The third-order valence-corrected chi connectivity index (χ3v) is 6.73. The molecule has 2 unspecified atom stereocenters. The van der Waals surface area contributed by atoms with Gasteiger partial charge in [-0.15, -0.1) is 0 Å². The van der Waals surface area contributed by atoms with Crippen LogP contribution in [0.2, 0.25) is 0 Å². The highest BCUT2D eigenvalue weighted by atomic mass is 16.6. The van der Waals surface area contributed by atoms with Crippen LogP contribution in [0.15, 0.2) is 48.5 Å². The Bertz CT molecular complexity index is 1110. The molecule has 0 aliphatic rings. The van der Waals surface area contributed by atoms with Crippen molar-refractivity contribution in [3.63, 3.8) is 0 Å². The summed E-state index contributed by atoms with van der Waals surface area (Å²) in [7, 11) is 0. The molecule has 3 N–H and O–H groups in total. The summed E-state index contributed by atoms with van der Waals surface area (Å²) in [6.07, 6.45) is 4.93. The summed E-state index contributed by atoms with van der Waals surface area (Å²) in [6, 6.07) is 12.6. The van der Waals surface area contributed by atoms with Gasteiger partial charge in [0.05, 0.1) is 0 Å². The molecule has 0 saturated heterocycles. The van der Waals surface area contributed by atoms with E-state index >= 15 is 0 Å². The molecule has 0 saturated carbocycles. The largest absolute Gasteiger partial charge is 0.508 e. The van der Waals surface area contributed by atoms with Gasteiger partial charge in [-0.2, -0.15) is 0 Å². The molecule has 0 aromatic heterocycles. The second kappa shape index (κ2) is 16.7. The lowest BCUT2D eigenvalue weighted by Crippen LogP contribution is -2.54. The molecule has 2 rings (SSSR count). The van der Waals surface area contributed by atoms with Crippen LogP contribution in [0.25, 0.3) is 0 Å². The lowest BCUT2D eigenvalue weighted by atomic mass is 9.98. The first-order valence-corrected chi connectivity index (χ1v) is 14.9. The molecule has 2 aromatic carbocycles. The molecule has 0 aliphatic heterocycles. The lowest BCUT2D eigenvalue weighted by Gasteiger charge is -2.35. The maximum Gasteiger partial charge on any atom is 0.408 e. The Morgan fingerprint density at radius 2 is 1.63 bits per heavy atom. The zero-order valence-electron chi connectivity index (χ0n) is 25.7. The predicted octanol–water partition coefficient (Wildman–Crippen LogP) is 6.20. The van der Waals surface area contributed by atoms with Gasteiger partial charge in [0.25, 0.3) is 0 Å². The van der Waals surface area contributed by atoms with Gasteiger partial charge >= 0.3 is 6.09 Å². The summed E-state index contributed by atoms with van der Waals surface area (Å²) in [6.45, 7) is 12.1. The summed E-state index contributed by atoms with van der Waals surface area (Å²) >= 11 is 0. The molecule has 0 bridgehead atoms. The van der Waals surface area contributed by atoms with Crippen molar-refractivity contribution in [3.8, 4) is 5.75 Å². The number of hydrogen-bond donors (Lipinski definition) is 3. The number of rotatable bonds is 15. The van der Waals surface area contributed by atoms with Crippen molar-refractivity contribution in [2.75, 3.05) is 13.1 Å². The number of ether oxygens (including phenoxy) is 1. The normalized spacial score (nSPS) is 12.7. The van der Waals surface area contributed by atoms with E-state index in [-0.39, 0.29) is 24.0 Å². The van der Waals surface area contributed by atoms with Gasteiger partial charge in [0.15, 0.2) is 0 Å². The zero-order valence-corrected chi connectivity index (χ0v) is 25.7. The number of aromatic hydroxyl groups is 1. The number of nitrogens with one attached hydrogen (secondary N) is 2. The molecule has 8 heteroatoms. The van der Waals surface area contributed by atoms with E-state index in [4.69, 9.17) is 4.74 Å². The summed E-state index contributed by atoms with van der Waals surface area (Å²) in [5.74, 6) is -0.533. The molecule has 2 atom stereocenters. The number of carbonyl (C=O) groups is 3.